The summed E-state index contributed by atoms with van der Waals surface area (Å²) in [5.41, 5.74) is 1.75. The average Bonchev–Trinajstić information content (AvgIpc) is 3.67. The molecule has 0 saturated carbocycles. The standard InChI is InChI=1S/C26H23N5O4S2/c1-16-13-28-21(14-27-16)30(2)22(32)10-5-11-31(25(34)20-9-6-12-36-20)26-29-18(15-37-26)24-23(33)17-7-3-4-8-19(17)35-24/h3-4,6-9,12-15,24H,5,10-11H2,1-2H3. The van der Waals surface area contributed by atoms with Gasteiger partial charge in [-0.2, -0.15) is 0 Å². The number of hydrogen-bond donors (Lipinski definition) is 0. The Balaban J connectivity index is 1.30. The highest BCUT2D eigenvalue weighted by atomic mass is 32.1. The van der Waals surface area contributed by atoms with Crippen LogP contribution in [0, 0.1) is 6.92 Å². The molecule has 1 atom stereocenters. The second-order valence-electron chi connectivity index (χ2n) is 8.42. The van der Waals surface area contributed by atoms with E-state index in [9.17, 15) is 14.4 Å². The predicted molar refractivity (Wildman–Crippen MR) is 142 cm³/mol. The zero-order valence-electron chi connectivity index (χ0n) is 20.2. The minimum absolute atomic E-state index is 0.135. The van der Waals surface area contributed by atoms with Gasteiger partial charge in [-0.1, -0.05) is 18.2 Å². The Morgan fingerprint density at radius 3 is 2.65 bits per heavy atom. The van der Waals surface area contributed by atoms with E-state index in [1.165, 1.54) is 27.6 Å². The molecule has 0 aliphatic carbocycles. The molecule has 1 unspecified atom stereocenters. The van der Waals surface area contributed by atoms with E-state index >= 15 is 0 Å². The number of Topliss-reactive ketones (excluding diaryl/α,β-unsaturated/α-hetero) is 1. The average molecular weight is 534 g/mol. The van der Waals surface area contributed by atoms with Gasteiger partial charge in [-0.15, -0.1) is 22.7 Å². The molecule has 0 fully saturated rings. The van der Waals surface area contributed by atoms with Crippen LogP contribution in [0.3, 0.4) is 0 Å². The van der Waals surface area contributed by atoms with Crippen molar-refractivity contribution in [3.63, 3.8) is 0 Å². The lowest BCUT2D eigenvalue weighted by Gasteiger charge is -2.20. The lowest BCUT2D eigenvalue weighted by Crippen LogP contribution is -2.33. The summed E-state index contributed by atoms with van der Waals surface area (Å²) in [4.78, 5) is 55.6. The van der Waals surface area contributed by atoms with Gasteiger partial charge >= 0.3 is 0 Å². The Morgan fingerprint density at radius 2 is 1.92 bits per heavy atom. The largest absolute Gasteiger partial charge is 0.475 e. The number of carbonyl (C=O) groups is 3. The van der Waals surface area contributed by atoms with Crippen LogP contribution in [0.15, 0.2) is 59.6 Å². The van der Waals surface area contributed by atoms with E-state index in [1.807, 2.05) is 24.4 Å². The monoisotopic (exact) mass is 533 g/mol. The maximum absolute atomic E-state index is 13.3. The highest BCUT2D eigenvalue weighted by Crippen LogP contribution is 2.38. The number of nitrogens with zero attached hydrogens (tertiary/aromatic N) is 5. The molecule has 3 aromatic heterocycles. The van der Waals surface area contributed by atoms with Crippen molar-refractivity contribution in [1.29, 1.82) is 0 Å². The molecule has 1 aromatic carbocycles. The van der Waals surface area contributed by atoms with Gasteiger partial charge < -0.3 is 4.74 Å². The Kier molecular flexibility index (Phi) is 7.06. The van der Waals surface area contributed by atoms with Crippen molar-refractivity contribution in [3.8, 4) is 5.75 Å². The molecule has 5 rings (SSSR count). The van der Waals surface area contributed by atoms with Gasteiger partial charge in [0.2, 0.25) is 17.8 Å². The molecule has 4 aromatic rings. The first-order valence-electron chi connectivity index (χ1n) is 11.6. The molecule has 4 heterocycles. The number of ether oxygens (including phenoxy) is 1. The zero-order chi connectivity index (χ0) is 25.9. The van der Waals surface area contributed by atoms with Gasteiger partial charge in [0.05, 0.1) is 28.5 Å². The number of para-hydroxylation sites is 1. The van der Waals surface area contributed by atoms with Crippen LogP contribution in [-0.4, -0.2) is 46.1 Å². The van der Waals surface area contributed by atoms with Crippen LogP contribution >= 0.6 is 22.7 Å². The van der Waals surface area contributed by atoms with Crippen molar-refractivity contribution in [3.05, 3.63) is 81.4 Å². The fraction of sp³-hybridized carbons (Fsp3) is 0.231. The molecular formula is C26H23N5O4S2. The summed E-state index contributed by atoms with van der Waals surface area (Å²) in [5.74, 6) is 0.497. The molecular weight excluding hydrogens is 510 g/mol. The molecule has 37 heavy (non-hydrogen) atoms. The lowest BCUT2D eigenvalue weighted by atomic mass is 10.1. The third-order valence-corrected chi connectivity index (χ3v) is 7.62. The zero-order valence-corrected chi connectivity index (χ0v) is 21.8. The van der Waals surface area contributed by atoms with Crippen LogP contribution in [0.1, 0.15) is 50.4 Å². The first kappa shape index (κ1) is 24.7. The highest BCUT2D eigenvalue weighted by molar-refractivity contribution is 7.14. The number of aromatic nitrogens is 3. The maximum Gasteiger partial charge on any atom is 0.270 e. The highest BCUT2D eigenvalue weighted by Gasteiger charge is 2.35. The van der Waals surface area contributed by atoms with E-state index < -0.39 is 6.10 Å². The van der Waals surface area contributed by atoms with Gasteiger partial charge in [-0.25, -0.2) is 9.97 Å². The van der Waals surface area contributed by atoms with Gasteiger partial charge in [0.25, 0.3) is 5.91 Å². The summed E-state index contributed by atoms with van der Waals surface area (Å²) < 4.78 is 5.85. The number of amides is 2. The van der Waals surface area contributed by atoms with Crippen LogP contribution in [0.25, 0.3) is 0 Å². The van der Waals surface area contributed by atoms with Crippen molar-refractivity contribution in [2.45, 2.75) is 25.9 Å². The Morgan fingerprint density at radius 1 is 1.08 bits per heavy atom. The van der Waals surface area contributed by atoms with Gasteiger partial charge in [0, 0.05) is 25.4 Å². The smallest absolute Gasteiger partial charge is 0.270 e. The van der Waals surface area contributed by atoms with E-state index in [1.54, 1.807) is 54.0 Å². The number of anilines is 2. The van der Waals surface area contributed by atoms with Crippen LogP contribution in [0.2, 0.25) is 0 Å². The summed E-state index contributed by atoms with van der Waals surface area (Å²) in [6, 6.07) is 10.7. The summed E-state index contributed by atoms with van der Waals surface area (Å²) in [7, 11) is 1.65. The Bertz CT molecular complexity index is 1440. The van der Waals surface area contributed by atoms with Crippen molar-refractivity contribution < 1.29 is 19.1 Å². The second kappa shape index (κ2) is 10.6. The summed E-state index contributed by atoms with van der Waals surface area (Å²) >= 11 is 2.60. The normalized spacial score (nSPS) is 14.2. The van der Waals surface area contributed by atoms with Gasteiger partial charge in [-0.05, 0) is 36.9 Å². The SMILES string of the molecule is Cc1cnc(N(C)C(=O)CCCN(C(=O)c2cccs2)c2nc(C3Oc4ccccc4C3=O)cs2)cn1. The molecule has 2 amide bonds. The molecule has 0 bridgehead atoms. The second-order valence-corrected chi connectivity index (χ2v) is 10.2. The van der Waals surface area contributed by atoms with E-state index in [4.69, 9.17) is 4.74 Å². The van der Waals surface area contributed by atoms with Crippen LogP contribution in [0.5, 0.6) is 5.75 Å². The Hall–Kier alpha value is -3.96. The van der Waals surface area contributed by atoms with Gasteiger partial charge in [0.15, 0.2) is 10.9 Å². The maximum atomic E-state index is 13.3. The first-order valence-corrected chi connectivity index (χ1v) is 13.3. The number of hydrogen-bond acceptors (Lipinski definition) is 9. The van der Waals surface area contributed by atoms with E-state index in [0.29, 0.717) is 39.3 Å². The van der Waals surface area contributed by atoms with Gasteiger partial charge in [0.1, 0.15) is 11.4 Å². The quantitative estimate of drug-likeness (QED) is 0.323. The van der Waals surface area contributed by atoms with E-state index in [2.05, 4.69) is 15.0 Å². The third-order valence-electron chi connectivity index (χ3n) is 5.88. The fourth-order valence-corrected chi connectivity index (χ4v) is 5.40. The topological polar surface area (TPSA) is 106 Å². The molecule has 0 saturated heterocycles. The Labute approximate surface area is 221 Å². The number of thiophene rings is 1. The van der Waals surface area contributed by atoms with Crippen LogP contribution in [-0.2, 0) is 4.79 Å². The number of rotatable bonds is 8. The van der Waals surface area contributed by atoms with Crippen LogP contribution < -0.4 is 14.5 Å². The lowest BCUT2D eigenvalue weighted by molar-refractivity contribution is -0.118. The number of fused-ring (bicyclic) bond motifs is 1. The summed E-state index contributed by atoms with van der Waals surface area (Å²) in [5, 5.41) is 4.03. The van der Waals surface area contributed by atoms with Crippen molar-refractivity contribution in [2.24, 2.45) is 0 Å². The molecule has 0 N–H and O–H groups in total. The summed E-state index contributed by atoms with van der Waals surface area (Å²) in [6.45, 7) is 2.11. The molecule has 9 nitrogen and oxygen atoms in total. The number of carbonyl (C=O) groups excluding carboxylic acids is 3. The van der Waals surface area contributed by atoms with Crippen LogP contribution in [0.4, 0.5) is 10.9 Å². The number of benzene rings is 1. The number of aryl methyl sites for hydroxylation is 1. The minimum Gasteiger partial charge on any atom is -0.475 e. The van der Waals surface area contributed by atoms with Gasteiger partial charge in [-0.3, -0.25) is 29.2 Å². The number of thiazole rings is 1. The molecule has 11 heteroatoms. The molecule has 1 aliphatic rings. The summed E-state index contributed by atoms with van der Waals surface area (Å²) in [6.07, 6.45) is 2.95. The molecule has 1 aliphatic heterocycles. The fourth-order valence-electron chi connectivity index (χ4n) is 3.87. The van der Waals surface area contributed by atoms with Crippen molar-refractivity contribution >= 4 is 51.2 Å². The van der Waals surface area contributed by atoms with Crippen molar-refractivity contribution in [1.82, 2.24) is 15.0 Å². The first-order chi connectivity index (χ1) is 17.9. The molecule has 0 radical (unpaired) electrons. The number of ketones is 1. The minimum atomic E-state index is -0.841. The van der Waals surface area contributed by atoms with E-state index in [-0.39, 0.29) is 30.6 Å². The van der Waals surface area contributed by atoms with Crippen molar-refractivity contribution in [2.75, 3.05) is 23.4 Å². The molecule has 0 spiro atoms. The third kappa shape index (κ3) is 5.13. The van der Waals surface area contributed by atoms with E-state index in [0.717, 1.165) is 5.69 Å². The molecule has 188 valence electrons. The predicted octanol–water partition coefficient (Wildman–Crippen LogP) is 4.71.